The molecule has 0 bridgehead atoms. The maximum absolute atomic E-state index is 13.1. The van der Waals surface area contributed by atoms with E-state index in [1.54, 1.807) is 27.7 Å². The molecule has 0 radical (unpaired) electrons. The van der Waals surface area contributed by atoms with E-state index in [-0.39, 0.29) is 49.5 Å². The summed E-state index contributed by atoms with van der Waals surface area (Å²) >= 11 is 0. The molecule has 1 heterocycles. The first-order chi connectivity index (χ1) is 14.7. The Hall–Kier alpha value is -2.78. The van der Waals surface area contributed by atoms with Gasteiger partial charge >= 0.3 is 18.2 Å². The van der Waals surface area contributed by atoms with Crippen molar-refractivity contribution in [2.75, 3.05) is 11.6 Å². The lowest BCUT2D eigenvalue weighted by molar-refractivity contribution is -0.183. The predicted molar refractivity (Wildman–Crippen MR) is 113 cm³/mol. The number of aromatic nitrogens is 1. The lowest BCUT2D eigenvalue weighted by Gasteiger charge is -2.40. The molecule has 0 atom stereocenters. The van der Waals surface area contributed by atoms with E-state index in [9.17, 15) is 22.8 Å². The molecule has 2 rings (SSSR count). The Morgan fingerprint density at radius 3 is 2.19 bits per heavy atom. The number of carboxylic acid groups (broad SMARTS) is 1. The van der Waals surface area contributed by atoms with Gasteiger partial charge in [-0.1, -0.05) is 6.58 Å². The van der Waals surface area contributed by atoms with E-state index in [2.05, 4.69) is 11.6 Å². The number of alkyl halides is 3. The number of aromatic carboxylic acids is 1. The van der Waals surface area contributed by atoms with Crippen molar-refractivity contribution < 1.29 is 32.6 Å². The third-order valence-electron chi connectivity index (χ3n) is 5.30. The second-order valence-corrected chi connectivity index (χ2v) is 8.80. The van der Waals surface area contributed by atoms with Crippen LogP contribution in [0.3, 0.4) is 0 Å². The highest BCUT2D eigenvalue weighted by atomic mass is 19.4. The van der Waals surface area contributed by atoms with Crippen LogP contribution in [-0.4, -0.2) is 45.5 Å². The van der Waals surface area contributed by atoms with Gasteiger partial charge in [0.15, 0.2) is 0 Å². The Balaban J connectivity index is 2.33. The average Bonchev–Trinajstić information content (AvgIpc) is 2.69. The van der Waals surface area contributed by atoms with E-state index in [1.807, 2.05) is 0 Å². The van der Waals surface area contributed by atoms with Crippen LogP contribution >= 0.6 is 0 Å². The normalized spacial score (nSPS) is 19.2. The Kier molecular flexibility index (Phi) is 7.79. The van der Waals surface area contributed by atoms with E-state index in [4.69, 9.17) is 9.84 Å². The second-order valence-electron chi connectivity index (χ2n) is 8.80. The molecule has 10 heteroatoms. The van der Waals surface area contributed by atoms with Crippen molar-refractivity contribution in [2.24, 2.45) is 11.8 Å². The van der Waals surface area contributed by atoms with E-state index in [0.29, 0.717) is 5.70 Å². The third kappa shape index (κ3) is 6.37. The van der Waals surface area contributed by atoms with Gasteiger partial charge in [-0.3, -0.25) is 5.01 Å². The molecule has 0 saturated heterocycles. The highest BCUT2D eigenvalue weighted by Gasteiger charge is 2.43. The minimum atomic E-state index is -4.23. The lowest BCUT2D eigenvalue weighted by Crippen LogP contribution is -2.50. The molecule has 1 saturated carbocycles. The van der Waals surface area contributed by atoms with Gasteiger partial charge in [-0.15, -0.1) is 0 Å². The van der Waals surface area contributed by atoms with Crippen molar-refractivity contribution in [1.82, 2.24) is 9.99 Å². The molecular weight excluding hydrogens is 427 g/mol. The standard InChI is InChI=1S/C22H30F3N3O4/c1-6-27(18-12-9-16(13-26-18)19(29)30)28(20(31)32-21(3,4)5)14(2)15-7-10-17(11-8-15)22(23,24)25/h9,12-13,15,17H,2,6-8,10-11H2,1,3-5H3,(H,29,30). The monoisotopic (exact) mass is 457 g/mol. The molecule has 0 aromatic carbocycles. The largest absolute Gasteiger partial charge is 0.478 e. The molecule has 7 nitrogen and oxygen atoms in total. The zero-order chi connectivity index (χ0) is 24.3. The zero-order valence-electron chi connectivity index (χ0n) is 18.8. The van der Waals surface area contributed by atoms with Crippen LogP contribution in [0.4, 0.5) is 23.8 Å². The molecule has 1 aliphatic carbocycles. The van der Waals surface area contributed by atoms with Crippen LogP contribution in [0, 0.1) is 11.8 Å². The van der Waals surface area contributed by atoms with E-state index in [0.717, 1.165) is 0 Å². The summed E-state index contributed by atoms with van der Waals surface area (Å²) in [6, 6.07) is 2.82. The number of allylic oxidation sites excluding steroid dienone is 1. The maximum atomic E-state index is 13.1. The molecular formula is C22H30F3N3O4. The van der Waals surface area contributed by atoms with E-state index < -0.39 is 29.8 Å². The number of hydrogen-bond donors (Lipinski definition) is 1. The fraction of sp³-hybridized carbons (Fsp3) is 0.591. The van der Waals surface area contributed by atoms with E-state index in [1.165, 1.54) is 28.3 Å². The van der Waals surface area contributed by atoms with Crippen LogP contribution in [-0.2, 0) is 4.74 Å². The van der Waals surface area contributed by atoms with Crippen LogP contribution in [0.1, 0.15) is 63.7 Å². The highest BCUT2D eigenvalue weighted by Crippen LogP contribution is 2.42. The van der Waals surface area contributed by atoms with Crippen molar-refractivity contribution in [1.29, 1.82) is 0 Å². The van der Waals surface area contributed by atoms with Crippen LogP contribution in [0.2, 0.25) is 0 Å². The van der Waals surface area contributed by atoms with Crippen molar-refractivity contribution in [3.05, 3.63) is 36.2 Å². The summed E-state index contributed by atoms with van der Waals surface area (Å²) in [7, 11) is 0. The van der Waals surface area contributed by atoms with Gasteiger partial charge < -0.3 is 9.84 Å². The highest BCUT2D eigenvalue weighted by molar-refractivity contribution is 5.87. The van der Waals surface area contributed by atoms with Crippen molar-refractivity contribution >= 4 is 17.9 Å². The number of carbonyl (C=O) groups is 2. The first kappa shape index (κ1) is 25.5. The summed E-state index contributed by atoms with van der Waals surface area (Å²) in [5.74, 6) is -2.54. The summed E-state index contributed by atoms with van der Waals surface area (Å²) < 4.78 is 44.7. The molecule has 0 spiro atoms. The minimum absolute atomic E-state index is 0.0158. The first-order valence-corrected chi connectivity index (χ1v) is 10.5. The number of amides is 1. The number of carboxylic acids is 1. The van der Waals surface area contributed by atoms with Gasteiger partial charge in [-0.2, -0.15) is 18.2 Å². The number of hydrogen-bond acceptors (Lipinski definition) is 5. The van der Waals surface area contributed by atoms with Crippen LogP contribution < -0.4 is 5.01 Å². The molecule has 0 aliphatic heterocycles. The van der Waals surface area contributed by atoms with Gasteiger partial charge in [-0.25, -0.2) is 14.6 Å². The van der Waals surface area contributed by atoms with Gasteiger partial charge in [0.1, 0.15) is 11.4 Å². The summed E-state index contributed by atoms with van der Waals surface area (Å²) in [6.07, 6.45) is -3.38. The van der Waals surface area contributed by atoms with Gasteiger partial charge in [-0.05, 0) is 65.5 Å². The van der Waals surface area contributed by atoms with Gasteiger partial charge in [0.05, 0.1) is 11.5 Å². The number of carbonyl (C=O) groups excluding carboxylic acids is 1. The zero-order valence-corrected chi connectivity index (χ0v) is 18.8. The Morgan fingerprint density at radius 2 is 1.78 bits per heavy atom. The number of pyridine rings is 1. The Morgan fingerprint density at radius 1 is 1.19 bits per heavy atom. The molecule has 1 aliphatic rings. The number of rotatable bonds is 6. The summed E-state index contributed by atoms with van der Waals surface area (Å²) in [6.45, 7) is 11.2. The third-order valence-corrected chi connectivity index (χ3v) is 5.30. The molecule has 178 valence electrons. The topological polar surface area (TPSA) is 83.0 Å². The van der Waals surface area contributed by atoms with Crippen molar-refractivity contribution in [3.63, 3.8) is 0 Å². The molecule has 32 heavy (non-hydrogen) atoms. The number of nitrogens with zero attached hydrogens (tertiary/aromatic N) is 3. The Bertz CT molecular complexity index is 826. The SMILES string of the molecule is C=C(C1CCC(C(F)(F)F)CC1)N(C(=O)OC(C)(C)C)N(CC)c1ccc(C(=O)O)cn1. The van der Waals surface area contributed by atoms with Crippen molar-refractivity contribution in [2.45, 2.75) is 65.2 Å². The number of anilines is 1. The van der Waals surface area contributed by atoms with E-state index >= 15 is 0 Å². The van der Waals surface area contributed by atoms with Gasteiger partial charge in [0.2, 0.25) is 0 Å². The van der Waals surface area contributed by atoms with Crippen LogP contribution in [0.25, 0.3) is 0 Å². The number of halogens is 3. The quantitative estimate of drug-likeness (QED) is 0.557. The first-order valence-electron chi connectivity index (χ1n) is 10.5. The maximum Gasteiger partial charge on any atom is 0.433 e. The van der Waals surface area contributed by atoms with Crippen molar-refractivity contribution in [3.8, 4) is 0 Å². The second kappa shape index (κ2) is 9.79. The Labute approximate surface area is 185 Å². The van der Waals surface area contributed by atoms with Crippen LogP contribution in [0.5, 0.6) is 0 Å². The average molecular weight is 457 g/mol. The molecule has 1 amide bonds. The minimum Gasteiger partial charge on any atom is -0.478 e. The predicted octanol–water partition coefficient (Wildman–Crippen LogP) is 5.64. The van der Waals surface area contributed by atoms with Gasteiger partial charge in [0.25, 0.3) is 0 Å². The molecule has 0 unspecified atom stereocenters. The molecule has 1 fully saturated rings. The number of hydrazine groups is 1. The summed E-state index contributed by atoms with van der Waals surface area (Å²) in [4.78, 5) is 28.4. The lowest BCUT2D eigenvalue weighted by atomic mass is 9.80. The smallest absolute Gasteiger partial charge is 0.433 e. The number of ether oxygens (including phenoxy) is 1. The summed E-state index contributed by atoms with van der Waals surface area (Å²) in [5.41, 5.74) is -0.507. The fourth-order valence-electron chi connectivity index (χ4n) is 3.67. The fourth-order valence-corrected chi connectivity index (χ4v) is 3.67. The molecule has 1 aromatic heterocycles. The molecule has 1 aromatic rings. The van der Waals surface area contributed by atoms with Gasteiger partial charge in [0, 0.05) is 24.4 Å². The van der Waals surface area contributed by atoms with Crippen LogP contribution in [0.15, 0.2) is 30.6 Å². The molecule has 1 N–H and O–H groups in total. The summed E-state index contributed by atoms with van der Waals surface area (Å²) in [5, 5.41) is 11.8.